The SMILES string of the molecule is C=c1cc(Cl)ccc(=C)[nH]c(C(=O)NC2(c3cc(C)on3)CC2)c1. The van der Waals surface area contributed by atoms with Gasteiger partial charge in [-0.3, -0.25) is 4.79 Å². The molecule has 124 valence electrons. The van der Waals surface area contributed by atoms with Gasteiger partial charge >= 0.3 is 0 Å². The van der Waals surface area contributed by atoms with Crippen molar-refractivity contribution in [2.24, 2.45) is 0 Å². The first kappa shape index (κ1) is 16.3. The third kappa shape index (κ3) is 3.51. The highest BCUT2D eigenvalue weighted by molar-refractivity contribution is 6.30. The van der Waals surface area contributed by atoms with Gasteiger partial charge in [-0.05, 0) is 49.2 Å². The van der Waals surface area contributed by atoms with Crippen molar-refractivity contribution in [2.75, 3.05) is 0 Å². The minimum absolute atomic E-state index is 0.254. The summed E-state index contributed by atoms with van der Waals surface area (Å²) in [5, 5.41) is 8.75. The van der Waals surface area contributed by atoms with Crippen molar-refractivity contribution in [1.29, 1.82) is 0 Å². The Morgan fingerprint density at radius 1 is 1.33 bits per heavy atom. The summed E-state index contributed by atoms with van der Waals surface area (Å²) in [6, 6.07) is 8.56. The Morgan fingerprint density at radius 3 is 2.71 bits per heavy atom. The van der Waals surface area contributed by atoms with Gasteiger partial charge < -0.3 is 14.8 Å². The summed E-state index contributed by atoms with van der Waals surface area (Å²) in [4.78, 5) is 15.7. The zero-order valence-corrected chi connectivity index (χ0v) is 14.1. The molecule has 3 rings (SSSR count). The predicted molar refractivity (Wildman–Crippen MR) is 93.3 cm³/mol. The van der Waals surface area contributed by atoms with E-state index in [1.807, 2.05) is 13.0 Å². The molecule has 24 heavy (non-hydrogen) atoms. The van der Waals surface area contributed by atoms with Crippen LogP contribution in [0.4, 0.5) is 0 Å². The summed E-state index contributed by atoms with van der Waals surface area (Å²) in [5.74, 6) is 0.465. The highest BCUT2D eigenvalue weighted by Crippen LogP contribution is 2.45. The molecule has 1 saturated carbocycles. The molecule has 0 spiro atoms. The van der Waals surface area contributed by atoms with Crippen LogP contribution in [0.5, 0.6) is 0 Å². The van der Waals surface area contributed by atoms with Crippen LogP contribution < -0.4 is 15.9 Å². The van der Waals surface area contributed by atoms with Gasteiger partial charge in [-0.25, -0.2) is 0 Å². The van der Waals surface area contributed by atoms with Crippen molar-refractivity contribution in [3.63, 3.8) is 0 Å². The van der Waals surface area contributed by atoms with Crippen LogP contribution in [0.25, 0.3) is 13.2 Å². The summed E-state index contributed by atoms with van der Waals surface area (Å²) in [6.07, 6.45) is 1.65. The lowest BCUT2D eigenvalue weighted by Gasteiger charge is -2.14. The smallest absolute Gasteiger partial charge is 0.268 e. The minimum atomic E-state index is -0.457. The first-order valence-electron chi connectivity index (χ1n) is 7.56. The summed E-state index contributed by atoms with van der Waals surface area (Å²) in [7, 11) is 0. The lowest BCUT2D eigenvalue weighted by molar-refractivity contribution is 0.0924. The van der Waals surface area contributed by atoms with E-state index in [1.54, 1.807) is 24.3 Å². The van der Waals surface area contributed by atoms with E-state index < -0.39 is 5.54 Å². The van der Waals surface area contributed by atoms with E-state index in [4.69, 9.17) is 16.1 Å². The number of nitrogens with one attached hydrogen (secondary N) is 2. The molecular formula is C18H18ClN3O2. The zero-order valence-electron chi connectivity index (χ0n) is 13.4. The lowest BCUT2D eigenvalue weighted by atomic mass is 10.1. The molecule has 0 saturated heterocycles. The van der Waals surface area contributed by atoms with E-state index in [1.165, 1.54) is 0 Å². The molecular weight excluding hydrogens is 326 g/mol. The van der Waals surface area contributed by atoms with Crippen LogP contribution in [0, 0.1) is 6.92 Å². The van der Waals surface area contributed by atoms with Crippen molar-refractivity contribution in [3.05, 3.63) is 63.1 Å². The molecule has 1 aliphatic rings. The average Bonchev–Trinajstić information content (AvgIpc) is 3.14. The number of halogens is 1. The molecule has 0 aliphatic heterocycles. The second kappa shape index (κ2) is 6.17. The van der Waals surface area contributed by atoms with Crippen LogP contribution in [0.3, 0.4) is 0 Å². The fourth-order valence-electron chi connectivity index (χ4n) is 2.45. The van der Waals surface area contributed by atoms with Crippen molar-refractivity contribution in [3.8, 4) is 0 Å². The fourth-order valence-corrected chi connectivity index (χ4v) is 2.66. The molecule has 5 nitrogen and oxygen atoms in total. The number of amides is 1. The molecule has 1 fully saturated rings. The van der Waals surface area contributed by atoms with Crippen LogP contribution in [0.1, 0.15) is 34.8 Å². The number of aromatic amines is 1. The monoisotopic (exact) mass is 343 g/mol. The van der Waals surface area contributed by atoms with Gasteiger partial charge in [0.2, 0.25) is 0 Å². The molecule has 2 N–H and O–H groups in total. The molecule has 6 heteroatoms. The quantitative estimate of drug-likeness (QED) is 0.898. The van der Waals surface area contributed by atoms with Gasteiger partial charge in [-0.15, -0.1) is 0 Å². The Kier molecular flexibility index (Phi) is 4.20. The molecule has 0 unspecified atom stereocenters. The second-order valence-corrected chi connectivity index (χ2v) is 6.44. The highest BCUT2D eigenvalue weighted by Gasteiger charge is 2.48. The van der Waals surface area contributed by atoms with E-state index in [0.29, 0.717) is 21.3 Å². The Labute approximate surface area is 144 Å². The maximum absolute atomic E-state index is 12.7. The minimum Gasteiger partial charge on any atom is -0.361 e. The Hall–Kier alpha value is -2.53. The molecule has 0 radical (unpaired) electrons. The Balaban J connectivity index is 1.96. The number of hydrogen-bond donors (Lipinski definition) is 2. The van der Waals surface area contributed by atoms with Crippen LogP contribution in [0.2, 0.25) is 5.02 Å². The van der Waals surface area contributed by atoms with Crippen molar-refractivity contribution >= 4 is 30.7 Å². The van der Waals surface area contributed by atoms with Crippen molar-refractivity contribution < 1.29 is 9.32 Å². The number of H-pyrrole nitrogens is 1. The normalized spacial score (nSPS) is 14.8. The number of carbonyl (C=O) groups excluding carboxylic acids is 1. The van der Waals surface area contributed by atoms with Gasteiger partial charge in [-0.1, -0.05) is 29.9 Å². The molecule has 2 aromatic heterocycles. The number of rotatable bonds is 3. The van der Waals surface area contributed by atoms with E-state index in [9.17, 15) is 4.79 Å². The van der Waals surface area contributed by atoms with Gasteiger partial charge in [0, 0.05) is 16.4 Å². The number of aryl methyl sites for hydroxylation is 1. The summed E-state index contributed by atoms with van der Waals surface area (Å²) in [5.41, 5.74) is 0.642. The van der Waals surface area contributed by atoms with Crippen molar-refractivity contribution in [1.82, 2.24) is 15.5 Å². The van der Waals surface area contributed by atoms with Crippen LogP contribution >= 0.6 is 11.6 Å². The largest absolute Gasteiger partial charge is 0.361 e. The van der Waals surface area contributed by atoms with E-state index in [2.05, 4.69) is 28.6 Å². The number of carbonyl (C=O) groups is 1. The van der Waals surface area contributed by atoms with Gasteiger partial charge in [0.15, 0.2) is 0 Å². The molecule has 1 amide bonds. The summed E-state index contributed by atoms with van der Waals surface area (Å²) < 4.78 is 5.13. The van der Waals surface area contributed by atoms with Gasteiger partial charge in [0.05, 0.1) is 5.54 Å². The van der Waals surface area contributed by atoms with E-state index in [0.717, 1.165) is 24.3 Å². The zero-order chi connectivity index (χ0) is 17.3. The molecule has 0 bridgehead atoms. The average molecular weight is 344 g/mol. The lowest BCUT2D eigenvalue weighted by Crippen LogP contribution is -2.36. The maximum atomic E-state index is 12.7. The molecule has 2 heterocycles. The number of hydrogen-bond acceptors (Lipinski definition) is 3. The van der Waals surface area contributed by atoms with E-state index >= 15 is 0 Å². The van der Waals surface area contributed by atoms with Gasteiger partial charge in [0.1, 0.15) is 17.1 Å². The van der Waals surface area contributed by atoms with Gasteiger partial charge in [0.25, 0.3) is 5.91 Å². The predicted octanol–water partition coefficient (Wildman–Crippen LogP) is 2.33. The topological polar surface area (TPSA) is 70.9 Å². The standard InChI is InChI=1S/C18H18ClN3O2/c1-11-8-14(19)5-4-12(2)20-15(9-11)17(23)21-18(6-7-18)16-10-13(3)24-22-16/h4-5,8-10,20H,1-2,6-7H2,3H3,(H,21,23). The Bertz CT molecular complexity index is 939. The second-order valence-electron chi connectivity index (χ2n) is 6.00. The number of nitrogens with zero attached hydrogens (tertiary/aromatic N) is 1. The van der Waals surface area contributed by atoms with Crippen LogP contribution in [-0.4, -0.2) is 16.0 Å². The summed E-state index contributed by atoms with van der Waals surface area (Å²) in [6.45, 7) is 9.58. The fraction of sp³-hybridized carbons (Fsp3) is 0.222. The first-order valence-corrected chi connectivity index (χ1v) is 7.94. The molecule has 0 aromatic carbocycles. The summed E-state index contributed by atoms with van der Waals surface area (Å²) >= 11 is 6.05. The highest BCUT2D eigenvalue weighted by atomic mass is 35.5. The third-order valence-electron chi connectivity index (χ3n) is 3.86. The number of aromatic nitrogens is 2. The first-order chi connectivity index (χ1) is 11.4. The molecule has 1 aliphatic carbocycles. The van der Waals surface area contributed by atoms with E-state index in [-0.39, 0.29) is 5.91 Å². The van der Waals surface area contributed by atoms with Crippen molar-refractivity contribution in [2.45, 2.75) is 25.3 Å². The Morgan fingerprint density at radius 2 is 2.08 bits per heavy atom. The maximum Gasteiger partial charge on any atom is 0.268 e. The van der Waals surface area contributed by atoms with Crippen LogP contribution in [0.15, 0.2) is 34.9 Å². The van der Waals surface area contributed by atoms with Crippen LogP contribution in [-0.2, 0) is 5.54 Å². The third-order valence-corrected chi connectivity index (χ3v) is 4.09. The molecule has 0 atom stereocenters. The van der Waals surface area contributed by atoms with Gasteiger partial charge in [-0.2, -0.15) is 0 Å². The molecule has 2 aromatic rings.